The number of hydrogen-bond donors (Lipinski definition) is 0. The van der Waals surface area contributed by atoms with Crippen LogP contribution < -0.4 is 0 Å². The molecule has 4 nitrogen and oxygen atoms in total. The minimum absolute atomic E-state index is 0.154. The minimum Gasteiger partial charge on any atom is -0.346 e. The van der Waals surface area contributed by atoms with E-state index in [0.717, 1.165) is 11.4 Å². The monoisotopic (exact) mass is 251 g/mol. The molecule has 0 aliphatic carbocycles. The second-order valence-corrected chi connectivity index (χ2v) is 4.29. The minimum atomic E-state index is 0.154. The maximum atomic E-state index is 11.5. The molecule has 0 fully saturated rings. The molecular weight excluding hydrogens is 238 g/mol. The molecule has 2 aromatic rings. The Kier molecular flexibility index (Phi) is 3.33. The molecule has 17 heavy (non-hydrogen) atoms. The van der Waals surface area contributed by atoms with Crippen LogP contribution in [0.15, 0.2) is 24.7 Å². The van der Waals surface area contributed by atoms with Crippen LogP contribution in [-0.4, -0.2) is 19.9 Å². The highest BCUT2D eigenvalue weighted by Crippen LogP contribution is 2.11. The molecule has 0 amide bonds. The molecule has 0 spiro atoms. The SMILES string of the molecule is CCC(=O)c1ccn(Cc2ncc(Cl)n2C)c1. The van der Waals surface area contributed by atoms with Gasteiger partial charge in [-0.1, -0.05) is 18.5 Å². The molecule has 0 radical (unpaired) electrons. The molecule has 90 valence electrons. The lowest BCUT2D eigenvalue weighted by Gasteiger charge is -2.03. The molecule has 2 rings (SSSR count). The number of hydrogen-bond acceptors (Lipinski definition) is 2. The molecule has 0 unspecified atom stereocenters. The van der Waals surface area contributed by atoms with Crippen LogP contribution in [0.25, 0.3) is 0 Å². The lowest BCUT2D eigenvalue weighted by Crippen LogP contribution is -2.04. The summed E-state index contributed by atoms with van der Waals surface area (Å²) in [6.07, 6.45) is 5.87. The molecule has 0 aliphatic heterocycles. The normalized spacial score (nSPS) is 10.8. The summed E-state index contributed by atoms with van der Waals surface area (Å²) in [5.41, 5.74) is 0.743. The van der Waals surface area contributed by atoms with Crippen molar-refractivity contribution in [2.24, 2.45) is 7.05 Å². The van der Waals surface area contributed by atoms with Crippen LogP contribution in [0.1, 0.15) is 29.5 Å². The van der Waals surface area contributed by atoms with Crippen molar-refractivity contribution in [2.75, 3.05) is 0 Å². The first-order chi connectivity index (χ1) is 8.11. The molecule has 0 aromatic carbocycles. The second-order valence-electron chi connectivity index (χ2n) is 3.91. The highest BCUT2D eigenvalue weighted by molar-refractivity contribution is 6.29. The van der Waals surface area contributed by atoms with Crippen molar-refractivity contribution in [3.63, 3.8) is 0 Å². The molecule has 0 bridgehead atoms. The molecule has 0 N–H and O–H groups in total. The lowest BCUT2D eigenvalue weighted by molar-refractivity contribution is 0.0988. The molecule has 0 aliphatic rings. The van der Waals surface area contributed by atoms with E-state index in [0.29, 0.717) is 18.1 Å². The van der Waals surface area contributed by atoms with Gasteiger partial charge in [0.25, 0.3) is 0 Å². The summed E-state index contributed by atoms with van der Waals surface area (Å²) < 4.78 is 3.75. The molecule has 0 saturated heterocycles. The molecular formula is C12H14ClN3O. The lowest BCUT2D eigenvalue weighted by atomic mass is 10.2. The van der Waals surface area contributed by atoms with E-state index in [-0.39, 0.29) is 5.78 Å². The Morgan fingerprint density at radius 1 is 1.53 bits per heavy atom. The number of rotatable bonds is 4. The summed E-state index contributed by atoms with van der Waals surface area (Å²) >= 11 is 5.91. The van der Waals surface area contributed by atoms with E-state index in [1.807, 2.05) is 41.6 Å². The van der Waals surface area contributed by atoms with Crippen molar-refractivity contribution < 1.29 is 4.79 Å². The largest absolute Gasteiger partial charge is 0.346 e. The topological polar surface area (TPSA) is 39.8 Å². The van der Waals surface area contributed by atoms with Crippen LogP contribution in [0.3, 0.4) is 0 Å². The Hall–Kier alpha value is -1.55. The third-order valence-electron chi connectivity index (χ3n) is 2.75. The van der Waals surface area contributed by atoms with Crippen molar-refractivity contribution in [1.82, 2.24) is 14.1 Å². The number of imidazole rings is 1. The zero-order chi connectivity index (χ0) is 12.4. The van der Waals surface area contributed by atoms with Gasteiger partial charge in [-0.25, -0.2) is 4.98 Å². The standard InChI is InChI=1S/C12H14ClN3O/c1-3-10(17)9-4-5-16(7-9)8-12-14-6-11(13)15(12)2/h4-7H,3,8H2,1-2H3. The fourth-order valence-electron chi connectivity index (χ4n) is 1.64. The van der Waals surface area contributed by atoms with Crippen LogP contribution in [0.4, 0.5) is 0 Å². The average molecular weight is 252 g/mol. The smallest absolute Gasteiger partial charge is 0.164 e. The van der Waals surface area contributed by atoms with Gasteiger partial charge in [0.05, 0.1) is 12.7 Å². The molecule has 2 aromatic heterocycles. The van der Waals surface area contributed by atoms with E-state index in [9.17, 15) is 4.79 Å². The van der Waals surface area contributed by atoms with Gasteiger partial charge < -0.3 is 9.13 Å². The van der Waals surface area contributed by atoms with Gasteiger partial charge in [-0.05, 0) is 6.07 Å². The van der Waals surface area contributed by atoms with Crippen LogP contribution >= 0.6 is 11.6 Å². The Bertz CT molecular complexity index is 542. The Balaban J connectivity index is 2.17. The maximum Gasteiger partial charge on any atom is 0.164 e. The summed E-state index contributed by atoms with van der Waals surface area (Å²) in [5.74, 6) is 1.02. The van der Waals surface area contributed by atoms with E-state index in [1.54, 1.807) is 6.20 Å². The number of Topliss-reactive ketones (excluding diaryl/α,β-unsaturated/α-hetero) is 1. The van der Waals surface area contributed by atoms with Crippen molar-refractivity contribution >= 4 is 17.4 Å². The first-order valence-corrected chi connectivity index (χ1v) is 5.84. The summed E-state index contributed by atoms with van der Waals surface area (Å²) in [6, 6.07) is 1.83. The fourth-order valence-corrected chi connectivity index (χ4v) is 1.79. The van der Waals surface area contributed by atoms with Gasteiger partial charge in [-0.3, -0.25) is 4.79 Å². The highest BCUT2D eigenvalue weighted by atomic mass is 35.5. The van der Waals surface area contributed by atoms with Crippen molar-refractivity contribution in [3.05, 3.63) is 41.2 Å². The number of halogens is 1. The quantitative estimate of drug-likeness (QED) is 0.784. The highest BCUT2D eigenvalue weighted by Gasteiger charge is 2.08. The summed E-state index contributed by atoms with van der Waals surface area (Å²) in [6.45, 7) is 2.47. The van der Waals surface area contributed by atoms with Crippen LogP contribution in [0.5, 0.6) is 0 Å². The van der Waals surface area contributed by atoms with Crippen molar-refractivity contribution in [2.45, 2.75) is 19.9 Å². The first kappa shape index (κ1) is 11.9. The van der Waals surface area contributed by atoms with Gasteiger partial charge in [0.2, 0.25) is 0 Å². The van der Waals surface area contributed by atoms with E-state index in [4.69, 9.17) is 11.6 Å². The van der Waals surface area contributed by atoms with E-state index in [1.165, 1.54) is 0 Å². The van der Waals surface area contributed by atoms with Crippen molar-refractivity contribution in [1.29, 1.82) is 0 Å². The summed E-state index contributed by atoms with van der Waals surface area (Å²) in [4.78, 5) is 15.7. The van der Waals surface area contributed by atoms with E-state index < -0.39 is 0 Å². The number of nitrogens with zero attached hydrogens (tertiary/aromatic N) is 3. The first-order valence-electron chi connectivity index (χ1n) is 5.47. The molecule has 0 atom stereocenters. The number of carbonyl (C=O) groups excluding carboxylic acids is 1. The zero-order valence-corrected chi connectivity index (χ0v) is 10.6. The predicted molar refractivity (Wildman–Crippen MR) is 66.4 cm³/mol. The summed E-state index contributed by atoms with van der Waals surface area (Å²) in [5, 5.41) is 0.608. The maximum absolute atomic E-state index is 11.5. The van der Waals surface area contributed by atoms with Gasteiger partial charge in [-0.2, -0.15) is 0 Å². The molecule has 2 heterocycles. The van der Waals surface area contributed by atoms with Crippen LogP contribution in [0.2, 0.25) is 5.15 Å². The third kappa shape index (κ3) is 2.42. The summed E-state index contributed by atoms with van der Waals surface area (Å²) in [7, 11) is 1.87. The van der Waals surface area contributed by atoms with E-state index >= 15 is 0 Å². The average Bonchev–Trinajstić information content (AvgIpc) is 2.91. The van der Waals surface area contributed by atoms with Gasteiger partial charge in [-0.15, -0.1) is 0 Å². The van der Waals surface area contributed by atoms with Crippen LogP contribution in [-0.2, 0) is 13.6 Å². The fraction of sp³-hybridized carbons (Fsp3) is 0.333. The van der Waals surface area contributed by atoms with Crippen LogP contribution in [0, 0.1) is 0 Å². The van der Waals surface area contributed by atoms with Gasteiger partial charge in [0.1, 0.15) is 11.0 Å². The Labute approximate surface area is 105 Å². The van der Waals surface area contributed by atoms with Gasteiger partial charge in [0.15, 0.2) is 5.78 Å². The Morgan fingerprint density at radius 2 is 2.29 bits per heavy atom. The predicted octanol–water partition coefficient (Wildman–Crippen LogP) is 2.52. The number of aromatic nitrogens is 3. The molecule has 5 heteroatoms. The second kappa shape index (κ2) is 4.75. The van der Waals surface area contributed by atoms with Gasteiger partial charge in [0, 0.05) is 31.4 Å². The number of ketones is 1. The van der Waals surface area contributed by atoms with Gasteiger partial charge >= 0.3 is 0 Å². The molecule has 0 saturated carbocycles. The Morgan fingerprint density at radius 3 is 2.88 bits per heavy atom. The number of carbonyl (C=O) groups is 1. The zero-order valence-electron chi connectivity index (χ0n) is 9.85. The van der Waals surface area contributed by atoms with E-state index in [2.05, 4.69) is 4.98 Å². The third-order valence-corrected chi connectivity index (χ3v) is 3.10. The van der Waals surface area contributed by atoms with Crippen molar-refractivity contribution in [3.8, 4) is 0 Å².